The minimum absolute atomic E-state index is 0.00143. The molecule has 2 N–H and O–H groups in total. The monoisotopic (exact) mass is 291 g/mol. The molecule has 3 unspecified atom stereocenters. The molecule has 1 saturated carbocycles. The van der Waals surface area contributed by atoms with E-state index in [1.165, 1.54) is 24.2 Å². The van der Waals surface area contributed by atoms with E-state index in [1.54, 1.807) is 6.07 Å². The summed E-state index contributed by atoms with van der Waals surface area (Å²) in [5, 5.41) is 11.8. The Morgan fingerprint density at radius 1 is 1.45 bits per heavy atom. The van der Waals surface area contributed by atoms with Crippen LogP contribution in [0.3, 0.4) is 0 Å². The van der Waals surface area contributed by atoms with Crippen LogP contribution >= 0.6 is 11.3 Å². The second kappa shape index (κ2) is 6.92. The van der Waals surface area contributed by atoms with Crippen LogP contribution in [0.4, 0.5) is 0 Å². The highest BCUT2D eigenvalue weighted by atomic mass is 32.1. The number of hydrogen-bond donors (Lipinski definition) is 2. The first kappa shape index (κ1) is 15.1. The fourth-order valence-electron chi connectivity index (χ4n) is 2.77. The van der Waals surface area contributed by atoms with Gasteiger partial charge in [0, 0.05) is 6.04 Å². The van der Waals surface area contributed by atoms with Crippen molar-refractivity contribution in [3.63, 3.8) is 0 Å². The van der Waals surface area contributed by atoms with Crippen LogP contribution in [0.5, 0.6) is 0 Å². The number of aliphatic hydroxyl groups excluding tert-OH is 1. The van der Waals surface area contributed by atoms with Gasteiger partial charge in [0.2, 0.25) is 0 Å². The number of aliphatic hydroxyl groups is 1. The summed E-state index contributed by atoms with van der Waals surface area (Å²) < 4.78 is 0. The fourth-order valence-corrected chi connectivity index (χ4v) is 3.56. The highest BCUT2D eigenvalue weighted by Gasteiger charge is 2.27. The Labute approximate surface area is 124 Å². The molecule has 0 aromatic carbocycles. The summed E-state index contributed by atoms with van der Waals surface area (Å²) in [5.74, 6) is 6.72. The van der Waals surface area contributed by atoms with Gasteiger partial charge in [-0.3, -0.25) is 4.79 Å². The first-order valence-electron chi connectivity index (χ1n) is 7.10. The molecule has 3 nitrogen and oxygen atoms in total. The molecular formula is C16H21NO2S. The predicted octanol–water partition coefficient (Wildman–Crippen LogP) is 2.65. The minimum atomic E-state index is -0.156. The van der Waals surface area contributed by atoms with Gasteiger partial charge in [-0.1, -0.05) is 25.7 Å². The Hall–Kier alpha value is -1.31. The highest BCUT2D eigenvalue weighted by molar-refractivity contribution is 7.14. The van der Waals surface area contributed by atoms with Gasteiger partial charge in [0.1, 0.15) is 6.61 Å². The van der Waals surface area contributed by atoms with E-state index >= 15 is 0 Å². The summed E-state index contributed by atoms with van der Waals surface area (Å²) >= 11 is 1.37. The van der Waals surface area contributed by atoms with Gasteiger partial charge in [0.15, 0.2) is 0 Å². The smallest absolute Gasteiger partial charge is 0.261 e. The normalized spacial score (nSPS) is 25.6. The molecule has 1 amide bonds. The summed E-state index contributed by atoms with van der Waals surface area (Å²) in [6, 6.07) is 3.92. The molecule has 20 heavy (non-hydrogen) atoms. The van der Waals surface area contributed by atoms with E-state index < -0.39 is 0 Å². The van der Waals surface area contributed by atoms with Gasteiger partial charge in [0.25, 0.3) is 5.91 Å². The maximum atomic E-state index is 12.2. The zero-order valence-electron chi connectivity index (χ0n) is 12.0. The molecule has 1 fully saturated rings. The van der Waals surface area contributed by atoms with Crippen LogP contribution in [0, 0.1) is 23.7 Å². The maximum absolute atomic E-state index is 12.2. The van der Waals surface area contributed by atoms with Gasteiger partial charge in [-0.15, -0.1) is 11.3 Å². The lowest BCUT2D eigenvalue weighted by Gasteiger charge is -2.33. The Balaban J connectivity index is 1.96. The van der Waals surface area contributed by atoms with Gasteiger partial charge in [-0.2, -0.15) is 0 Å². The number of nitrogens with one attached hydrogen (secondary N) is 1. The maximum Gasteiger partial charge on any atom is 0.261 e. The first-order valence-corrected chi connectivity index (χ1v) is 7.92. The van der Waals surface area contributed by atoms with E-state index in [-0.39, 0.29) is 18.6 Å². The molecule has 0 bridgehead atoms. The summed E-state index contributed by atoms with van der Waals surface area (Å²) in [6.45, 7) is 4.34. The molecule has 1 aliphatic carbocycles. The Morgan fingerprint density at radius 2 is 2.25 bits per heavy atom. The van der Waals surface area contributed by atoms with E-state index in [0.29, 0.717) is 10.8 Å². The molecule has 1 heterocycles. The van der Waals surface area contributed by atoms with Crippen molar-refractivity contribution in [2.75, 3.05) is 6.61 Å². The Kier molecular flexibility index (Phi) is 5.22. The van der Waals surface area contributed by atoms with Gasteiger partial charge in [-0.05, 0) is 43.2 Å². The molecule has 4 heteroatoms. The van der Waals surface area contributed by atoms with Crippen molar-refractivity contribution in [3.05, 3.63) is 21.9 Å². The van der Waals surface area contributed by atoms with Crippen molar-refractivity contribution in [1.82, 2.24) is 5.32 Å². The summed E-state index contributed by atoms with van der Waals surface area (Å²) in [6.07, 6.45) is 3.44. The number of rotatable bonds is 2. The standard InChI is InChI=1S/C16H21NO2S/c1-11-5-7-14(12(2)10-11)17-16(19)15-8-6-13(20-15)4-3-9-18/h6,8,11-12,14,18H,5,7,9-10H2,1-2H3,(H,17,19). The van der Waals surface area contributed by atoms with Crippen molar-refractivity contribution >= 4 is 17.2 Å². The minimum Gasteiger partial charge on any atom is -0.384 e. The highest BCUT2D eigenvalue weighted by Crippen LogP contribution is 2.29. The van der Waals surface area contributed by atoms with E-state index in [2.05, 4.69) is 31.0 Å². The Morgan fingerprint density at radius 3 is 2.95 bits per heavy atom. The summed E-state index contributed by atoms with van der Waals surface area (Å²) in [7, 11) is 0. The number of hydrogen-bond acceptors (Lipinski definition) is 3. The van der Waals surface area contributed by atoms with Crippen LogP contribution in [0.25, 0.3) is 0 Å². The second-order valence-corrected chi connectivity index (χ2v) is 6.68. The van der Waals surface area contributed by atoms with Crippen molar-refractivity contribution in [2.45, 2.75) is 39.2 Å². The fraction of sp³-hybridized carbons (Fsp3) is 0.562. The molecule has 3 atom stereocenters. The van der Waals surface area contributed by atoms with Crippen molar-refractivity contribution in [3.8, 4) is 11.8 Å². The average Bonchev–Trinajstić information content (AvgIpc) is 2.88. The molecular weight excluding hydrogens is 270 g/mol. The van der Waals surface area contributed by atoms with E-state index in [9.17, 15) is 4.79 Å². The quantitative estimate of drug-likeness (QED) is 0.823. The third-order valence-electron chi connectivity index (χ3n) is 3.87. The molecule has 1 aromatic heterocycles. The third kappa shape index (κ3) is 3.84. The van der Waals surface area contributed by atoms with Crippen LogP contribution in [-0.4, -0.2) is 23.7 Å². The average molecular weight is 291 g/mol. The lowest BCUT2D eigenvalue weighted by atomic mass is 9.80. The zero-order valence-corrected chi connectivity index (χ0v) is 12.8. The summed E-state index contributed by atoms with van der Waals surface area (Å²) in [5.41, 5.74) is 0. The summed E-state index contributed by atoms with van der Waals surface area (Å²) in [4.78, 5) is 13.7. The molecule has 0 aliphatic heterocycles. The van der Waals surface area contributed by atoms with Crippen LogP contribution in [0.2, 0.25) is 0 Å². The molecule has 0 spiro atoms. The van der Waals surface area contributed by atoms with Gasteiger partial charge < -0.3 is 10.4 Å². The van der Waals surface area contributed by atoms with E-state index in [4.69, 9.17) is 5.11 Å². The van der Waals surface area contributed by atoms with Crippen LogP contribution < -0.4 is 5.32 Å². The molecule has 2 rings (SSSR count). The number of carbonyl (C=O) groups is 1. The number of thiophene rings is 1. The number of carbonyl (C=O) groups excluding carboxylic acids is 1. The van der Waals surface area contributed by atoms with E-state index in [0.717, 1.165) is 17.2 Å². The molecule has 0 radical (unpaired) electrons. The van der Waals surface area contributed by atoms with Gasteiger partial charge >= 0.3 is 0 Å². The molecule has 108 valence electrons. The largest absolute Gasteiger partial charge is 0.384 e. The first-order chi connectivity index (χ1) is 9.60. The molecule has 1 aliphatic rings. The van der Waals surface area contributed by atoms with Crippen LogP contribution in [0.15, 0.2) is 12.1 Å². The number of amides is 1. The van der Waals surface area contributed by atoms with E-state index in [1.807, 2.05) is 6.07 Å². The van der Waals surface area contributed by atoms with Crippen molar-refractivity contribution in [2.24, 2.45) is 11.8 Å². The molecule has 1 aromatic rings. The van der Waals surface area contributed by atoms with Crippen LogP contribution in [-0.2, 0) is 0 Å². The zero-order chi connectivity index (χ0) is 14.5. The van der Waals surface area contributed by atoms with Crippen molar-refractivity contribution < 1.29 is 9.90 Å². The van der Waals surface area contributed by atoms with Crippen molar-refractivity contribution in [1.29, 1.82) is 0 Å². The van der Waals surface area contributed by atoms with Gasteiger partial charge in [0.05, 0.1) is 9.75 Å². The second-order valence-electron chi connectivity index (χ2n) is 5.60. The van der Waals surface area contributed by atoms with Crippen LogP contribution in [0.1, 0.15) is 47.7 Å². The lowest BCUT2D eigenvalue weighted by molar-refractivity contribution is 0.0904. The van der Waals surface area contributed by atoms with Gasteiger partial charge in [-0.25, -0.2) is 0 Å². The predicted molar refractivity (Wildman–Crippen MR) is 81.7 cm³/mol. The molecule has 0 saturated heterocycles. The lowest BCUT2D eigenvalue weighted by Crippen LogP contribution is -2.42. The third-order valence-corrected chi connectivity index (χ3v) is 4.87. The topological polar surface area (TPSA) is 49.3 Å². The SMILES string of the molecule is CC1CCC(NC(=O)c2ccc(C#CCO)s2)C(C)C1. The Bertz CT molecular complexity index is 526.